The zero-order valence-electron chi connectivity index (χ0n) is 14.0. The van der Waals surface area contributed by atoms with Gasteiger partial charge in [-0.2, -0.15) is 0 Å². The van der Waals surface area contributed by atoms with Crippen molar-refractivity contribution in [1.82, 2.24) is 0 Å². The van der Waals surface area contributed by atoms with Gasteiger partial charge in [0.05, 0.1) is 11.7 Å². The average Bonchev–Trinajstić information content (AvgIpc) is 2.80. The van der Waals surface area contributed by atoms with Gasteiger partial charge in [-0.1, -0.05) is 20.8 Å². The summed E-state index contributed by atoms with van der Waals surface area (Å²) < 4.78 is 12.8. The van der Waals surface area contributed by atoms with Crippen LogP contribution in [0.4, 0.5) is 0 Å². The molecule has 0 aromatic carbocycles. The van der Waals surface area contributed by atoms with E-state index < -0.39 is 5.79 Å². The molecule has 0 radical (unpaired) electrons. The predicted octanol–water partition coefficient (Wildman–Crippen LogP) is 4.38. The van der Waals surface area contributed by atoms with E-state index >= 15 is 0 Å². The fraction of sp³-hybridized carbons (Fsp3) is 1.00. The molecule has 2 heteroatoms. The Balaban J connectivity index is 1.82. The molecule has 0 amide bonds. The first-order valence-electron chi connectivity index (χ1n) is 8.50. The summed E-state index contributed by atoms with van der Waals surface area (Å²) in [5, 5.41) is 0. The van der Waals surface area contributed by atoms with Crippen LogP contribution < -0.4 is 0 Å². The second-order valence-electron chi connectivity index (χ2n) is 9.34. The van der Waals surface area contributed by atoms with Crippen molar-refractivity contribution in [3.8, 4) is 0 Å². The van der Waals surface area contributed by atoms with Crippen molar-refractivity contribution in [2.45, 2.75) is 84.7 Å². The van der Waals surface area contributed by atoms with Crippen LogP contribution in [0.1, 0.15) is 67.2 Å². The zero-order valence-corrected chi connectivity index (χ0v) is 14.0. The van der Waals surface area contributed by atoms with Crippen LogP contribution in [0.25, 0.3) is 0 Å². The van der Waals surface area contributed by atoms with Gasteiger partial charge in [0, 0.05) is 0 Å². The molecular formula is C18H30O2. The first-order chi connectivity index (χ1) is 9.12. The maximum atomic E-state index is 6.48. The maximum absolute atomic E-state index is 6.48. The molecule has 1 aliphatic heterocycles. The summed E-state index contributed by atoms with van der Waals surface area (Å²) in [6.07, 6.45) is 5.70. The van der Waals surface area contributed by atoms with Gasteiger partial charge in [0.2, 0.25) is 0 Å². The van der Waals surface area contributed by atoms with E-state index in [4.69, 9.17) is 9.47 Å². The highest BCUT2D eigenvalue weighted by Crippen LogP contribution is 2.75. The van der Waals surface area contributed by atoms with E-state index in [0.717, 1.165) is 11.8 Å². The van der Waals surface area contributed by atoms with Gasteiger partial charge >= 0.3 is 0 Å². The van der Waals surface area contributed by atoms with Gasteiger partial charge in [0.15, 0.2) is 5.79 Å². The van der Waals surface area contributed by atoms with Gasteiger partial charge in [-0.05, 0) is 75.0 Å². The summed E-state index contributed by atoms with van der Waals surface area (Å²) >= 11 is 0. The molecule has 6 atom stereocenters. The summed E-state index contributed by atoms with van der Waals surface area (Å²) in [5.74, 6) is 1.96. The number of hydrogen-bond donors (Lipinski definition) is 0. The van der Waals surface area contributed by atoms with Crippen molar-refractivity contribution in [2.75, 3.05) is 0 Å². The Morgan fingerprint density at radius 1 is 0.900 bits per heavy atom. The molecule has 1 heterocycles. The van der Waals surface area contributed by atoms with Gasteiger partial charge in [0.25, 0.3) is 0 Å². The smallest absolute Gasteiger partial charge is 0.164 e. The molecule has 4 rings (SSSR count). The largest absolute Gasteiger partial charge is 0.344 e. The van der Waals surface area contributed by atoms with E-state index in [2.05, 4.69) is 41.5 Å². The van der Waals surface area contributed by atoms with Crippen molar-refractivity contribution < 1.29 is 9.47 Å². The van der Waals surface area contributed by atoms with E-state index in [1.165, 1.54) is 25.7 Å². The van der Waals surface area contributed by atoms with Crippen molar-refractivity contribution in [2.24, 2.45) is 28.6 Å². The van der Waals surface area contributed by atoms with Crippen LogP contribution in [0.5, 0.6) is 0 Å². The van der Waals surface area contributed by atoms with Crippen molar-refractivity contribution in [1.29, 1.82) is 0 Å². The highest BCUT2D eigenvalue weighted by Gasteiger charge is 2.73. The lowest BCUT2D eigenvalue weighted by Gasteiger charge is -2.47. The Kier molecular flexibility index (Phi) is 2.35. The Morgan fingerprint density at radius 3 is 2.30 bits per heavy atom. The van der Waals surface area contributed by atoms with Gasteiger partial charge in [0.1, 0.15) is 0 Å². The number of hydrogen-bond acceptors (Lipinski definition) is 2. The molecule has 4 fully saturated rings. The average molecular weight is 278 g/mol. The Hall–Kier alpha value is -0.0800. The van der Waals surface area contributed by atoms with Crippen LogP contribution in [-0.4, -0.2) is 17.5 Å². The van der Waals surface area contributed by atoms with E-state index in [1.54, 1.807) is 0 Å². The number of ether oxygens (including phenoxy) is 2. The molecule has 2 bridgehead atoms. The van der Waals surface area contributed by atoms with Crippen LogP contribution in [0.3, 0.4) is 0 Å². The lowest BCUT2D eigenvalue weighted by atomic mass is 9.63. The topological polar surface area (TPSA) is 18.5 Å². The van der Waals surface area contributed by atoms with Gasteiger partial charge in [-0.15, -0.1) is 0 Å². The third kappa shape index (κ3) is 1.34. The van der Waals surface area contributed by atoms with Crippen molar-refractivity contribution in [3.05, 3.63) is 0 Å². The molecule has 0 N–H and O–H groups in total. The second kappa shape index (κ2) is 3.46. The van der Waals surface area contributed by atoms with E-state index in [1.807, 2.05) is 0 Å². The molecule has 4 aliphatic rings. The van der Waals surface area contributed by atoms with E-state index in [0.29, 0.717) is 22.9 Å². The summed E-state index contributed by atoms with van der Waals surface area (Å²) in [7, 11) is 0. The third-order valence-electron chi connectivity index (χ3n) is 7.73. The van der Waals surface area contributed by atoms with Crippen LogP contribution in [-0.2, 0) is 9.47 Å². The predicted molar refractivity (Wildman–Crippen MR) is 79.3 cm³/mol. The summed E-state index contributed by atoms with van der Waals surface area (Å²) in [5.41, 5.74) is 0.836. The minimum Gasteiger partial charge on any atom is -0.344 e. The van der Waals surface area contributed by atoms with Gasteiger partial charge in [-0.3, -0.25) is 0 Å². The van der Waals surface area contributed by atoms with Crippen molar-refractivity contribution >= 4 is 0 Å². The SMILES string of the molecule is C[C@H]1CC[C@H]2C(C)(C)[C@H]3C[C@@]12C[C@H]1OC(C)(C)O[C@@]31C. The maximum Gasteiger partial charge on any atom is 0.164 e. The molecule has 1 spiro atoms. The molecule has 1 saturated heterocycles. The van der Waals surface area contributed by atoms with Gasteiger partial charge in [-0.25, -0.2) is 0 Å². The molecule has 0 aromatic heterocycles. The van der Waals surface area contributed by atoms with Gasteiger partial charge < -0.3 is 9.47 Å². The molecule has 0 unspecified atom stereocenters. The van der Waals surface area contributed by atoms with E-state index in [9.17, 15) is 0 Å². The second-order valence-corrected chi connectivity index (χ2v) is 9.34. The molecular weight excluding hydrogens is 248 g/mol. The normalized spacial score (nSPS) is 58.5. The minimum absolute atomic E-state index is 0.0810. The summed E-state index contributed by atoms with van der Waals surface area (Å²) in [6, 6.07) is 0. The molecule has 2 nitrogen and oxygen atoms in total. The number of rotatable bonds is 0. The highest BCUT2D eigenvalue weighted by atomic mass is 16.8. The van der Waals surface area contributed by atoms with Crippen LogP contribution >= 0.6 is 0 Å². The van der Waals surface area contributed by atoms with E-state index in [-0.39, 0.29) is 5.60 Å². The number of fused-ring (bicyclic) bond motifs is 3. The van der Waals surface area contributed by atoms with Crippen LogP contribution in [0.2, 0.25) is 0 Å². The quantitative estimate of drug-likeness (QED) is 0.654. The highest BCUT2D eigenvalue weighted by molar-refractivity contribution is 5.21. The van der Waals surface area contributed by atoms with Crippen LogP contribution in [0.15, 0.2) is 0 Å². The third-order valence-corrected chi connectivity index (χ3v) is 7.73. The fourth-order valence-corrected chi connectivity index (χ4v) is 7.01. The molecule has 3 saturated carbocycles. The first kappa shape index (κ1) is 13.6. The Bertz CT molecular complexity index is 454. The summed E-state index contributed by atoms with van der Waals surface area (Å²) in [4.78, 5) is 0. The zero-order chi connectivity index (χ0) is 14.6. The molecule has 114 valence electrons. The first-order valence-corrected chi connectivity index (χ1v) is 8.50. The molecule has 3 aliphatic carbocycles. The molecule has 20 heavy (non-hydrogen) atoms. The van der Waals surface area contributed by atoms with Crippen LogP contribution in [0, 0.1) is 28.6 Å². The standard InChI is InChI=1S/C18H30O2/c1-11-7-8-12-15(2,3)13-9-18(11,12)10-14-17(13,6)20-16(4,5)19-14/h11-14H,7-10H2,1-6H3/t11-,12-,13+,14+,17-,18+/m0/s1. The Labute approximate surface area is 123 Å². The fourth-order valence-electron chi connectivity index (χ4n) is 7.01. The minimum atomic E-state index is -0.409. The lowest BCUT2D eigenvalue weighted by molar-refractivity contribution is -0.177. The monoisotopic (exact) mass is 278 g/mol. The summed E-state index contributed by atoms with van der Waals surface area (Å²) in [6.45, 7) is 14.0. The lowest BCUT2D eigenvalue weighted by Crippen LogP contribution is -2.52. The Morgan fingerprint density at radius 2 is 1.60 bits per heavy atom. The molecule has 0 aromatic rings. The van der Waals surface area contributed by atoms with Crippen molar-refractivity contribution in [3.63, 3.8) is 0 Å².